The predicted molar refractivity (Wildman–Crippen MR) is 112 cm³/mol. The quantitative estimate of drug-likeness (QED) is 0.646. The molecule has 6 nitrogen and oxygen atoms in total. The number of nitrogens with zero attached hydrogens (tertiary/aromatic N) is 1. The van der Waals surface area contributed by atoms with Crippen LogP contribution in [0.4, 0.5) is 11.4 Å². The zero-order chi connectivity index (χ0) is 20.3. The number of fused-ring (bicyclic) bond motifs is 1. The molecule has 4 rings (SSSR count). The maximum absolute atomic E-state index is 13.0. The number of nitrogens with one attached hydrogen (secondary N) is 1. The minimum atomic E-state index is -3.62. The summed E-state index contributed by atoms with van der Waals surface area (Å²) in [6.45, 7) is 0.432. The van der Waals surface area contributed by atoms with Gasteiger partial charge in [0, 0.05) is 18.3 Å². The first kappa shape index (κ1) is 19.0. The molecule has 0 saturated carbocycles. The van der Waals surface area contributed by atoms with Crippen LogP contribution in [0.5, 0.6) is 0 Å². The van der Waals surface area contributed by atoms with Gasteiger partial charge in [0.15, 0.2) is 0 Å². The first-order valence-corrected chi connectivity index (χ1v) is 10.7. The average molecular weight is 408 g/mol. The summed E-state index contributed by atoms with van der Waals surface area (Å²) < 4.78 is 32.7. The minimum Gasteiger partial charge on any atom is -0.465 e. The number of carbonyl (C=O) groups is 1. The zero-order valence-corrected chi connectivity index (χ0v) is 16.4. The number of carbonyl (C=O) groups excluding carboxylic acids is 1. The van der Waals surface area contributed by atoms with Crippen LogP contribution in [0.1, 0.15) is 17.7 Å². The van der Waals surface area contributed by atoms with E-state index in [9.17, 15) is 13.2 Å². The van der Waals surface area contributed by atoms with Gasteiger partial charge in [0.25, 0.3) is 10.0 Å². The second-order valence-electron chi connectivity index (χ2n) is 6.68. The molecule has 29 heavy (non-hydrogen) atoms. The Hall–Kier alpha value is -3.32. The van der Waals surface area contributed by atoms with E-state index in [0.717, 1.165) is 18.4 Å². The third kappa shape index (κ3) is 4.09. The summed E-state index contributed by atoms with van der Waals surface area (Å²) in [6, 6.07) is 17.2. The van der Waals surface area contributed by atoms with Gasteiger partial charge in [-0.3, -0.25) is 9.10 Å². The first-order chi connectivity index (χ1) is 14.0. The SMILES string of the molecule is O=C(/C=C/c1ccco1)Nc1ccc2c(c1)CCCN2S(=O)(=O)c1ccccc1. The van der Waals surface area contributed by atoms with Gasteiger partial charge in [-0.05, 0) is 66.9 Å². The lowest BCUT2D eigenvalue weighted by Crippen LogP contribution is -2.35. The summed E-state index contributed by atoms with van der Waals surface area (Å²) >= 11 is 0. The molecule has 7 heteroatoms. The second-order valence-corrected chi connectivity index (χ2v) is 8.54. The Labute approximate surface area is 169 Å². The van der Waals surface area contributed by atoms with Crippen LogP contribution in [-0.2, 0) is 21.2 Å². The maximum Gasteiger partial charge on any atom is 0.264 e. The molecule has 1 aliphatic heterocycles. The van der Waals surface area contributed by atoms with E-state index >= 15 is 0 Å². The smallest absolute Gasteiger partial charge is 0.264 e. The van der Waals surface area contributed by atoms with Gasteiger partial charge in [0.2, 0.25) is 5.91 Å². The predicted octanol–water partition coefficient (Wildman–Crippen LogP) is 4.07. The number of aryl methyl sites for hydroxylation is 1. The Balaban J connectivity index is 1.55. The van der Waals surface area contributed by atoms with Crippen molar-refractivity contribution in [3.05, 3.63) is 84.3 Å². The van der Waals surface area contributed by atoms with E-state index in [1.807, 2.05) is 6.07 Å². The topological polar surface area (TPSA) is 79.6 Å². The number of sulfonamides is 1. The monoisotopic (exact) mass is 408 g/mol. The van der Waals surface area contributed by atoms with Crippen molar-refractivity contribution in [2.45, 2.75) is 17.7 Å². The summed E-state index contributed by atoms with van der Waals surface area (Å²) in [5.41, 5.74) is 2.17. The average Bonchev–Trinajstić information content (AvgIpc) is 3.26. The minimum absolute atomic E-state index is 0.272. The molecule has 0 fully saturated rings. The number of hydrogen-bond donors (Lipinski definition) is 1. The van der Waals surface area contributed by atoms with E-state index in [4.69, 9.17) is 4.42 Å². The van der Waals surface area contributed by atoms with Crippen molar-refractivity contribution in [2.24, 2.45) is 0 Å². The number of anilines is 2. The first-order valence-electron chi connectivity index (χ1n) is 9.27. The molecular weight excluding hydrogens is 388 g/mol. The molecule has 148 valence electrons. The van der Waals surface area contributed by atoms with Crippen molar-refractivity contribution in [1.29, 1.82) is 0 Å². The lowest BCUT2D eigenvalue weighted by Gasteiger charge is -2.30. The maximum atomic E-state index is 13.0. The Morgan fingerprint density at radius 3 is 2.66 bits per heavy atom. The number of amides is 1. The van der Waals surface area contributed by atoms with Gasteiger partial charge in [-0.1, -0.05) is 18.2 Å². The van der Waals surface area contributed by atoms with Gasteiger partial charge in [0.05, 0.1) is 16.8 Å². The van der Waals surface area contributed by atoms with Gasteiger partial charge in [-0.2, -0.15) is 0 Å². The third-order valence-electron chi connectivity index (χ3n) is 4.70. The largest absolute Gasteiger partial charge is 0.465 e. The van der Waals surface area contributed by atoms with Gasteiger partial charge in [-0.15, -0.1) is 0 Å². The summed E-state index contributed by atoms with van der Waals surface area (Å²) in [5.74, 6) is 0.304. The molecular formula is C22H20N2O4S. The molecule has 0 spiro atoms. The molecule has 0 unspecified atom stereocenters. The van der Waals surface area contributed by atoms with Crippen LogP contribution < -0.4 is 9.62 Å². The van der Waals surface area contributed by atoms with E-state index in [-0.39, 0.29) is 10.8 Å². The standard InChI is InChI=1S/C22H20N2O4S/c25-22(13-11-19-7-5-15-28-19)23-18-10-12-21-17(16-18)6-4-14-24(21)29(26,27)20-8-2-1-3-9-20/h1-3,5,7-13,15-16H,4,6,14H2,(H,23,25)/b13-11+. The lowest BCUT2D eigenvalue weighted by atomic mass is 10.0. The van der Waals surface area contributed by atoms with E-state index in [0.29, 0.717) is 23.7 Å². The summed E-state index contributed by atoms with van der Waals surface area (Å²) in [5, 5.41) is 2.80. The fourth-order valence-corrected chi connectivity index (χ4v) is 4.90. The normalized spacial score (nSPS) is 14.0. The van der Waals surface area contributed by atoms with E-state index in [1.165, 1.54) is 16.6 Å². The van der Waals surface area contributed by atoms with Crippen LogP contribution in [0, 0.1) is 0 Å². The van der Waals surface area contributed by atoms with E-state index < -0.39 is 10.0 Å². The molecule has 0 bridgehead atoms. The number of furan rings is 1. The van der Waals surface area contributed by atoms with Gasteiger partial charge in [-0.25, -0.2) is 8.42 Å². The Kier molecular flexibility index (Phi) is 5.22. The fraction of sp³-hybridized carbons (Fsp3) is 0.136. The molecule has 0 aliphatic carbocycles. The fourth-order valence-electron chi connectivity index (χ4n) is 3.34. The van der Waals surface area contributed by atoms with Gasteiger partial charge in [0.1, 0.15) is 5.76 Å². The van der Waals surface area contributed by atoms with Crippen molar-refractivity contribution in [2.75, 3.05) is 16.2 Å². The molecule has 1 N–H and O–H groups in total. The van der Waals surface area contributed by atoms with Crippen LogP contribution >= 0.6 is 0 Å². The van der Waals surface area contributed by atoms with Crippen LogP contribution in [-0.4, -0.2) is 20.9 Å². The third-order valence-corrected chi connectivity index (χ3v) is 6.52. The summed E-state index contributed by atoms with van der Waals surface area (Å²) in [7, 11) is -3.62. The molecule has 2 aromatic carbocycles. The van der Waals surface area contributed by atoms with Gasteiger partial charge < -0.3 is 9.73 Å². The van der Waals surface area contributed by atoms with Crippen LogP contribution in [0.3, 0.4) is 0 Å². The van der Waals surface area contributed by atoms with Crippen molar-refractivity contribution in [1.82, 2.24) is 0 Å². The van der Waals surface area contributed by atoms with Crippen LogP contribution in [0.25, 0.3) is 6.08 Å². The van der Waals surface area contributed by atoms with E-state index in [2.05, 4.69) is 5.32 Å². The second kappa shape index (κ2) is 7.97. The lowest BCUT2D eigenvalue weighted by molar-refractivity contribution is -0.111. The highest BCUT2D eigenvalue weighted by atomic mass is 32.2. The Morgan fingerprint density at radius 1 is 1.07 bits per heavy atom. The molecule has 3 aromatic rings. The molecule has 1 aliphatic rings. The highest BCUT2D eigenvalue weighted by Gasteiger charge is 2.29. The highest BCUT2D eigenvalue weighted by Crippen LogP contribution is 2.33. The van der Waals surface area contributed by atoms with E-state index in [1.54, 1.807) is 60.7 Å². The van der Waals surface area contributed by atoms with Crippen molar-refractivity contribution < 1.29 is 17.6 Å². The van der Waals surface area contributed by atoms with Crippen LogP contribution in [0.15, 0.2) is 82.3 Å². The number of hydrogen-bond acceptors (Lipinski definition) is 4. The number of benzene rings is 2. The molecule has 0 atom stereocenters. The van der Waals surface area contributed by atoms with Crippen molar-refractivity contribution in [3.8, 4) is 0 Å². The van der Waals surface area contributed by atoms with Crippen LogP contribution in [0.2, 0.25) is 0 Å². The van der Waals surface area contributed by atoms with Crippen molar-refractivity contribution in [3.63, 3.8) is 0 Å². The molecule has 2 heterocycles. The number of rotatable bonds is 5. The molecule has 0 radical (unpaired) electrons. The highest BCUT2D eigenvalue weighted by molar-refractivity contribution is 7.92. The Bertz CT molecular complexity index is 1140. The van der Waals surface area contributed by atoms with Crippen molar-refractivity contribution >= 4 is 33.4 Å². The summed E-state index contributed by atoms with van der Waals surface area (Å²) in [6.07, 6.45) is 5.99. The molecule has 0 saturated heterocycles. The molecule has 1 aromatic heterocycles. The zero-order valence-electron chi connectivity index (χ0n) is 15.6. The summed E-state index contributed by atoms with van der Waals surface area (Å²) in [4.78, 5) is 12.4. The van der Waals surface area contributed by atoms with Gasteiger partial charge >= 0.3 is 0 Å². The Morgan fingerprint density at radius 2 is 1.90 bits per heavy atom. The molecule has 1 amide bonds.